The number of sulfonamides is 1. The number of rotatable bonds is 3. The highest BCUT2D eigenvalue weighted by Gasteiger charge is 2.30. The first-order valence-electron chi connectivity index (χ1n) is 6.50. The maximum Gasteiger partial charge on any atom is 0.426 e. The Bertz CT molecular complexity index is 849. The molecule has 0 fully saturated rings. The van der Waals surface area contributed by atoms with Gasteiger partial charge in [0, 0.05) is 5.56 Å². The van der Waals surface area contributed by atoms with Gasteiger partial charge in [0.2, 0.25) is 0 Å². The Morgan fingerprint density at radius 2 is 1.65 bits per heavy atom. The van der Waals surface area contributed by atoms with Crippen molar-refractivity contribution in [1.29, 1.82) is 0 Å². The van der Waals surface area contributed by atoms with E-state index in [0.717, 1.165) is 0 Å². The third kappa shape index (κ3) is 3.69. The van der Waals surface area contributed by atoms with E-state index >= 15 is 0 Å². The van der Waals surface area contributed by atoms with Gasteiger partial charge in [0.25, 0.3) is 10.0 Å². The highest BCUT2D eigenvalue weighted by Crippen LogP contribution is 2.23. The van der Waals surface area contributed by atoms with Crippen LogP contribution >= 0.6 is 0 Å². The SMILES string of the molecule is O=C(O)N(c1ccccc1)S(=O)(=O)c1ccc(C#CCO)cc1. The molecule has 0 saturated heterocycles. The molecule has 1 amide bonds. The van der Waals surface area contributed by atoms with Crippen LogP contribution < -0.4 is 4.31 Å². The summed E-state index contributed by atoms with van der Waals surface area (Å²) in [6, 6.07) is 13.0. The lowest BCUT2D eigenvalue weighted by atomic mass is 10.2. The van der Waals surface area contributed by atoms with Crippen LogP contribution in [0, 0.1) is 11.8 Å². The molecule has 0 aromatic heterocycles. The summed E-state index contributed by atoms with van der Waals surface area (Å²) in [6.45, 7) is -0.305. The van der Waals surface area contributed by atoms with Crippen molar-refractivity contribution in [2.24, 2.45) is 0 Å². The second-order valence-corrected chi connectivity index (χ2v) is 6.16. The summed E-state index contributed by atoms with van der Waals surface area (Å²) in [5, 5.41) is 17.9. The molecule has 118 valence electrons. The second kappa shape index (κ2) is 6.96. The number of carboxylic acid groups (broad SMARTS) is 1. The second-order valence-electron chi connectivity index (χ2n) is 4.37. The van der Waals surface area contributed by atoms with Crippen LogP contribution in [0.25, 0.3) is 0 Å². The predicted molar refractivity (Wildman–Crippen MR) is 84.5 cm³/mol. The molecule has 7 heteroatoms. The van der Waals surface area contributed by atoms with Crippen LogP contribution in [0.1, 0.15) is 5.56 Å². The lowest BCUT2D eigenvalue weighted by Gasteiger charge is -2.19. The average molecular weight is 331 g/mol. The van der Waals surface area contributed by atoms with Crippen LogP contribution in [0.15, 0.2) is 59.5 Å². The van der Waals surface area contributed by atoms with E-state index in [2.05, 4.69) is 11.8 Å². The standard InChI is InChI=1S/C16H13NO5S/c18-12-4-5-13-8-10-15(11-9-13)23(21,22)17(16(19)20)14-6-2-1-3-7-14/h1-3,6-11,18H,12H2,(H,19,20). The molecule has 0 atom stereocenters. The minimum atomic E-state index is -4.25. The Kier molecular flexibility index (Phi) is 5.01. The minimum absolute atomic E-state index is 0.0316. The predicted octanol–water partition coefficient (Wildman–Crippen LogP) is 1.90. The number of benzene rings is 2. The molecule has 0 heterocycles. The van der Waals surface area contributed by atoms with E-state index in [1.165, 1.54) is 36.4 Å². The molecule has 0 radical (unpaired) electrons. The van der Waals surface area contributed by atoms with Crippen LogP contribution in [0.2, 0.25) is 0 Å². The van der Waals surface area contributed by atoms with Gasteiger partial charge in [-0.15, -0.1) is 0 Å². The molecule has 2 aromatic rings. The van der Waals surface area contributed by atoms with E-state index < -0.39 is 16.1 Å². The fourth-order valence-electron chi connectivity index (χ4n) is 1.87. The molecule has 0 unspecified atom stereocenters. The van der Waals surface area contributed by atoms with Crippen molar-refractivity contribution >= 4 is 21.8 Å². The fourth-order valence-corrected chi connectivity index (χ4v) is 3.17. The van der Waals surface area contributed by atoms with Crippen molar-refractivity contribution in [1.82, 2.24) is 0 Å². The monoisotopic (exact) mass is 331 g/mol. The highest BCUT2D eigenvalue weighted by atomic mass is 32.2. The van der Waals surface area contributed by atoms with Gasteiger partial charge in [-0.3, -0.25) is 0 Å². The normalized spacial score (nSPS) is 10.5. The van der Waals surface area contributed by atoms with Crippen LogP contribution in [0.5, 0.6) is 0 Å². The molecule has 2 rings (SSSR count). The third-order valence-electron chi connectivity index (χ3n) is 2.87. The first-order valence-corrected chi connectivity index (χ1v) is 7.94. The van der Waals surface area contributed by atoms with Crippen LogP contribution in [-0.4, -0.2) is 31.3 Å². The maximum absolute atomic E-state index is 12.6. The van der Waals surface area contributed by atoms with Crippen LogP contribution in [0.4, 0.5) is 10.5 Å². The van der Waals surface area contributed by atoms with Gasteiger partial charge < -0.3 is 10.2 Å². The summed E-state index contributed by atoms with van der Waals surface area (Å²) < 4.78 is 25.5. The van der Waals surface area contributed by atoms with Crippen molar-refractivity contribution in [3.8, 4) is 11.8 Å². The summed E-state index contributed by atoms with van der Waals surface area (Å²) in [5.41, 5.74) is 0.545. The van der Waals surface area contributed by atoms with Gasteiger partial charge in [-0.25, -0.2) is 13.2 Å². The van der Waals surface area contributed by atoms with E-state index in [1.807, 2.05) is 0 Å². The van der Waals surface area contributed by atoms with Gasteiger partial charge >= 0.3 is 6.09 Å². The zero-order valence-electron chi connectivity index (χ0n) is 11.9. The minimum Gasteiger partial charge on any atom is -0.464 e. The Hall–Kier alpha value is -2.82. The molecule has 0 aliphatic carbocycles. The summed E-state index contributed by atoms with van der Waals surface area (Å²) in [4.78, 5) is 11.3. The quantitative estimate of drug-likeness (QED) is 0.838. The molecule has 0 aliphatic heterocycles. The molecule has 0 bridgehead atoms. The van der Waals surface area contributed by atoms with Crippen molar-refractivity contribution < 1.29 is 23.4 Å². The Morgan fingerprint density at radius 1 is 1.04 bits per heavy atom. The van der Waals surface area contributed by atoms with Crippen molar-refractivity contribution in [3.63, 3.8) is 0 Å². The van der Waals surface area contributed by atoms with Crippen molar-refractivity contribution in [2.45, 2.75) is 4.90 Å². The van der Waals surface area contributed by atoms with E-state index in [1.54, 1.807) is 18.2 Å². The van der Waals surface area contributed by atoms with Gasteiger partial charge in [0.1, 0.15) is 6.61 Å². The Labute approximate surface area is 133 Å². The lowest BCUT2D eigenvalue weighted by molar-refractivity contribution is 0.206. The average Bonchev–Trinajstić information content (AvgIpc) is 2.54. The summed E-state index contributed by atoms with van der Waals surface area (Å²) in [5.74, 6) is 5.07. The molecular weight excluding hydrogens is 318 g/mol. The number of anilines is 1. The molecule has 0 saturated carbocycles. The topological polar surface area (TPSA) is 94.9 Å². The van der Waals surface area contributed by atoms with E-state index in [4.69, 9.17) is 5.11 Å². The molecule has 6 nitrogen and oxygen atoms in total. The molecule has 0 spiro atoms. The largest absolute Gasteiger partial charge is 0.464 e. The van der Waals surface area contributed by atoms with Crippen LogP contribution in [-0.2, 0) is 10.0 Å². The number of para-hydroxylation sites is 1. The van der Waals surface area contributed by atoms with Gasteiger partial charge in [-0.1, -0.05) is 30.0 Å². The number of nitrogens with zero attached hydrogens (tertiary/aromatic N) is 1. The first kappa shape index (κ1) is 16.5. The summed E-state index contributed by atoms with van der Waals surface area (Å²) >= 11 is 0. The first-order chi connectivity index (χ1) is 11.0. The smallest absolute Gasteiger partial charge is 0.426 e. The fraction of sp³-hybridized carbons (Fsp3) is 0.0625. The maximum atomic E-state index is 12.6. The summed E-state index contributed by atoms with van der Waals surface area (Å²) in [6.07, 6.45) is -1.60. The van der Waals surface area contributed by atoms with Gasteiger partial charge in [-0.2, -0.15) is 4.31 Å². The zero-order valence-corrected chi connectivity index (χ0v) is 12.7. The summed E-state index contributed by atoms with van der Waals surface area (Å²) in [7, 11) is -4.25. The van der Waals surface area contributed by atoms with E-state index in [-0.39, 0.29) is 17.2 Å². The molecule has 0 aliphatic rings. The molecule has 2 N–H and O–H groups in total. The van der Waals surface area contributed by atoms with Gasteiger partial charge in [0.05, 0.1) is 10.6 Å². The number of carbonyl (C=O) groups is 1. The van der Waals surface area contributed by atoms with Crippen molar-refractivity contribution in [3.05, 3.63) is 60.2 Å². The van der Waals surface area contributed by atoms with Gasteiger partial charge in [0.15, 0.2) is 0 Å². The highest BCUT2D eigenvalue weighted by molar-refractivity contribution is 7.93. The molecule has 23 heavy (non-hydrogen) atoms. The Balaban J connectivity index is 2.44. The number of aliphatic hydroxyl groups excluding tert-OH is 1. The third-order valence-corrected chi connectivity index (χ3v) is 4.58. The lowest BCUT2D eigenvalue weighted by Crippen LogP contribution is -2.35. The number of aliphatic hydroxyl groups is 1. The van der Waals surface area contributed by atoms with Crippen molar-refractivity contribution in [2.75, 3.05) is 10.9 Å². The van der Waals surface area contributed by atoms with Crippen LogP contribution in [0.3, 0.4) is 0 Å². The van der Waals surface area contributed by atoms with E-state index in [0.29, 0.717) is 9.87 Å². The van der Waals surface area contributed by atoms with Gasteiger partial charge in [-0.05, 0) is 36.4 Å². The van der Waals surface area contributed by atoms with E-state index in [9.17, 15) is 18.3 Å². The Morgan fingerprint density at radius 3 is 2.17 bits per heavy atom. The molecule has 2 aromatic carbocycles. The number of amides is 1. The zero-order chi connectivity index (χ0) is 16.9. The number of hydrogen-bond donors (Lipinski definition) is 2. The molecular formula is C16H13NO5S. The number of hydrogen-bond acceptors (Lipinski definition) is 4.